The van der Waals surface area contributed by atoms with Crippen molar-refractivity contribution in [2.24, 2.45) is 0 Å². The monoisotopic (exact) mass is 284 g/mol. The number of aryl methyl sites for hydroxylation is 1. The number of anilines is 1. The van der Waals surface area contributed by atoms with E-state index in [0.717, 1.165) is 41.6 Å². The van der Waals surface area contributed by atoms with Gasteiger partial charge in [0.1, 0.15) is 13.5 Å². The van der Waals surface area contributed by atoms with Crippen LogP contribution in [0.25, 0.3) is 11.0 Å². The van der Waals surface area contributed by atoms with Gasteiger partial charge in [-0.05, 0) is 32.2 Å². The van der Waals surface area contributed by atoms with Crippen LogP contribution in [0.5, 0.6) is 0 Å². The highest BCUT2D eigenvalue weighted by Gasteiger charge is 2.22. The quantitative estimate of drug-likeness (QED) is 0.851. The van der Waals surface area contributed by atoms with Crippen molar-refractivity contribution in [1.82, 2.24) is 14.5 Å². The molecule has 2 aromatic heterocycles. The SMILES string of the molecule is Bc1cc2c(C)nc(NCC)nc2n(C2CCCC2)c1=O. The molecular weight excluding hydrogens is 263 g/mol. The van der Waals surface area contributed by atoms with E-state index in [1.165, 1.54) is 12.8 Å². The van der Waals surface area contributed by atoms with Crippen LogP contribution in [0.2, 0.25) is 0 Å². The molecule has 1 aliphatic carbocycles. The van der Waals surface area contributed by atoms with Crippen molar-refractivity contribution in [2.45, 2.75) is 45.6 Å². The van der Waals surface area contributed by atoms with Crippen molar-refractivity contribution >= 4 is 30.3 Å². The molecule has 6 heteroatoms. The third-order valence-electron chi connectivity index (χ3n) is 4.29. The predicted octanol–water partition coefficient (Wildman–Crippen LogP) is 0.905. The molecule has 0 saturated heterocycles. The van der Waals surface area contributed by atoms with E-state index in [-0.39, 0.29) is 11.6 Å². The van der Waals surface area contributed by atoms with E-state index in [1.807, 2.05) is 32.3 Å². The highest BCUT2D eigenvalue weighted by atomic mass is 16.1. The Bertz CT molecular complexity index is 735. The molecule has 1 fully saturated rings. The first-order valence-corrected chi connectivity index (χ1v) is 7.76. The third-order valence-corrected chi connectivity index (χ3v) is 4.29. The topological polar surface area (TPSA) is 59.8 Å². The smallest absolute Gasteiger partial charge is 0.246 e. The van der Waals surface area contributed by atoms with Crippen LogP contribution >= 0.6 is 0 Å². The largest absolute Gasteiger partial charge is 0.354 e. The van der Waals surface area contributed by atoms with E-state index in [9.17, 15) is 4.79 Å². The molecule has 1 saturated carbocycles. The summed E-state index contributed by atoms with van der Waals surface area (Å²) in [4.78, 5) is 21.7. The van der Waals surface area contributed by atoms with Gasteiger partial charge in [-0.25, -0.2) is 4.98 Å². The molecule has 0 radical (unpaired) electrons. The summed E-state index contributed by atoms with van der Waals surface area (Å²) in [6, 6.07) is 2.21. The number of aromatic nitrogens is 3. The maximum atomic E-state index is 12.6. The maximum Gasteiger partial charge on any atom is 0.246 e. The Hall–Kier alpha value is -1.85. The van der Waals surface area contributed by atoms with Crippen LogP contribution < -0.4 is 16.3 Å². The van der Waals surface area contributed by atoms with Gasteiger partial charge in [-0.3, -0.25) is 9.36 Å². The van der Waals surface area contributed by atoms with Gasteiger partial charge in [0.05, 0.1) is 5.69 Å². The number of nitrogens with zero attached hydrogens (tertiary/aromatic N) is 3. The Labute approximate surface area is 125 Å². The lowest BCUT2D eigenvalue weighted by Crippen LogP contribution is -2.36. The third kappa shape index (κ3) is 2.43. The Morgan fingerprint density at radius 3 is 2.76 bits per heavy atom. The predicted molar refractivity (Wildman–Crippen MR) is 88.4 cm³/mol. The Morgan fingerprint density at radius 2 is 2.10 bits per heavy atom. The molecule has 3 rings (SSSR count). The standard InChI is InChI=1S/C15H21BN4O/c1-3-17-15-18-9(2)11-8-12(16)14(21)20(13(11)19-15)10-6-4-5-7-10/h8,10H,3-7,16H2,1-2H3,(H,17,18,19). The summed E-state index contributed by atoms with van der Waals surface area (Å²) in [6.45, 7) is 4.76. The van der Waals surface area contributed by atoms with E-state index < -0.39 is 0 Å². The molecule has 1 aliphatic rings. The number of hydrogen-bond donors (Lipinski definition) is 1. The molecule has 0 bridgehead atoms. The molecule has 5 nitrogen and oxygen atoms in total. The summed E-state index contributed by atoms with van der Waals surface area (Å²) in [7, 11) is 1.88. The van der Waals surface area contributed by atoms with Gasteiger partial charge in [0.15, 0.2) is 0 Å². The van der Waals surface area contributed by atoms with Gasteiger partial charge >= 0.3 is 0 Å². The minimum absolute atomic E-state index is 0.0925. The lowest BCUT2D eigenvalue weighted by Gasteiger charge is -2.18. The van der Waals surface area contributed by atoms with Crippen LogP contribution in [0.4, 0.5) is 5.95 Å². The van der Waals surface area contributed by atoms with Crippen LogP contribution in [0, 0.1) is 6.92 Å². The first-order valence-electron chi connectivity index (χ1n) is 7.76. The molecule has 21 heavy (non-hydrogen) atoms. The highest BCUT2D eigenvalue weighted by molar-refractivity contribution is 6.32. The normalized spacial score (nSPS) is 15.7. The zero-order valence-corrected chi connectivity index (χ0v) is 12.9. The summed E-state index contributed by atoms with van der Waals surface area (Å²) in [5.41, 5.74) is 2.57. The second-order valence-electron chi connectivity index (χ2n) is 5.84. The van der Waals surface area contributed by atoms with E-state index >= 15 is 0 Å². The fourth-order valence-electron chi connectivity index (χ4n) is 3.22. The summed E-state index contributed by atoms with van der Waals surface area (Å²) in [5.74, 6) is 0.609. The zero-order chi connectivity index (χ0) is 15.0. The molecule has 0 aromatic carbocycles. The molecule has 0 atom stereocenters. The van der Waals surface area contributed by atoms with Crippen molar-refractivity contribution < 1.29 is 0 Å². The molecular formula is C15H21BN4O. The van der Waals surface area contributed by atoms with Crippen molar-refractivity contribution in [3.05, 3.63) is 22.1 Å². The van der Waals surface area contributed by atoms with Gasteiger partial charge in [0.25, 0.3) is 0 Å². The first kappa shape index (κ1) is 14.1. The Kier molecular flexibility index (Phi) is 3.70. The fraction of sp³-hybridized carbons (Fsp3) is 0.533. The number of fused-ring (bicyclic) bond motifs is 1. The van der Waals surface area contributed by atoms with Crippen LogP contribution in [0.3, 0.4) is 0 Å². The van der Waals surface area contributed by atoms with Gasteiger partial charge in [-0.15, -0.1) is 0 Å². The van der Waals surface area contributed by atoms with Gasteiger partial charge in [0.2, 0.25) is 11.5 Å². The van der Waals surface area contributed by atoms with Crippen LogP contribution in [0.15, 0.2) is 10.9 Å². The van der Waals surface area contributed by atoms with E-state index in [1.54, 1.807) is 0 Å². The van der Waals surface area contributed by atoms with Crippen LogP contribution in [0.1, 0.15) is 44.3 Å². The average molecular weight is 284 g/mol. The van der Waals surface area contributed by atoms with Gasteiger partial charge in [-0.2, -0.15) is 4.98 Å². The lowest BCUT2D eigenvalue weighted by atomic mass is 9.96. The summed E-state index contributed by atoms with van der Waals surface area (Å²) >= 11 is 0. The number of hydrogen-bond acceptors (Lipinski definition) is 4. The first-order chi connectivity index (χ1) is 10.1. The van der Waals surface area contributed by atoms with Gasteiger partial charge in [0, 0.05) is 18.0 Å². The van der Waals surface area contributed by atoms with Crippen molar-refractivity contribution in [2.75, 3.05) is 11.9 Å². The van der Waals surface area contributed by atoms with Gasteiger partial charge in [-0.1, -0.05) is 18.9 Å². The summed E-state index contributed by atoms with van der Waals surface area (Å²) in [5, 5.41) is 4.14. The highest BCUT2D eigenvalue weighted by Crippen LogP contribution is 2.30. The van der Waals surface area contributed by atoms with Crippen molar-refractivity contribution in [1.29, 1.82) is 0 Å². The van der Waals surface area contributed by atoms with Crippen LogP contribution in [-0.2, 0) is 0 Å². The van der Waals surface area contributed by atoms with Crippen LogP contribution in [-0.4, -0.2) is 28.9 Å². The number of nitrogens with one attached hydrogen (secondary N) is 1. The van der Waals surface area contributed by atoms with E-state index in [2.05, 4.69) is 15.3 Å². The Morgan fingerprint density at radius 1 is 1.38 bits per heavy atom. The fourth-order valence-corrected chi connectivity index (χ4v) is 3.22. The maximum absolute atomic E-state index is 12.6. The van der Waals surface area contributed by atoms with Crippen molar-refractivity contribution in [3.63, 3.8) is 0 Å². The zero-order valence-electron chi connectivity index (χ0n) is 12.9. The van der Waals surface area contributed by atoms with E-state index in [0.29, 0.717) is 5.95 Å². The Balaban J connectivity index is 2.31. The molecule has 0 unspecified atom stereocenters. The summed E-state index contributed by atoms with van der Waals surface area (Å²) < 4.78 is 1.91. The molecule has 2 heterocycles. The molecule has 0 aliphatic heterocycles. The minimum atomic E-state index is 0.0925. The van der Waals surface area contributed by atoms with E-state index in [4.69, 9.17) is 0 Å². The summed E-state index contributed by atoms with van der Waals surface area (Å²) in [6.07, 6.45) is 4.52. The van der Waals surface area contributed by atoms with Gasteiger partial charge < -0.3 is 5.32 Å². The average Bonchev–Trinajstić information content (AvgIpc) is 2.95. The molecule has 1 N–H and O–H groups in total. The molecule has 110 valence electrons. The number of rotatable bonds is 3. The minimum Gasteiger partial charge on any atom is -0.354 e. The molecule has 2 aromatic rings. The van der Waals surface area contributed by atoms with Crippen molar-refractivity contribution in [3.8, 4) is 0 Å². The second kappa shape index (κ2) is 5.50. The molecule has 0 spiro atoms. The lowest BCUT2D eigenvalue weighted by molar-refractivity contribution is 0.517. The number of pyridine rings is 1. The second-order valence-corrected chi connectivity index (χ2v) is 5.84. The molecule has 0 amide bonds.